The standard InChI is InChI=1S/C21H29N7O2/c22-17-5-10-26(11-6-17)15-16-1-3-18(4-2-16)28-12-7-19(25-21(28)30)24-20(29)27-13-8-23-9-14-27/h1-4,7,12,17,23H,5-6,8-11,13-15,22H2,(H,24,25,29,30). The average Bonchev–Trinajstić information content (AvgIpc) is 2.77. The van der Waals surface area contributed by atoms with E-state index in [9.17, 15) is 9.59 Å². The Morgan fingerprint density at radius 3 is 2.47 bits per heavy atom. The molecule has 9 heteroatoms. The summed E-state index contributed by atoms with van der Waals surface area (Å²) in [6.45, 7) is 5.74. The lowest BCUT2D eigenvalue weighted by Gasteiger charge is -2.30. The van der Waals surface area contributed by atoms with Crippen molar-refractivity contribution in [2.75, 3.05) is 44.6 Å². The zero-order chi connectivity index (χ0) is 20.9. The molecule has 9 nitrogen and oxygen atoms in total. The summed E-state index contributed by atoms with van der Waals surface area (Å²) < 4.78 is 1.48. The fourth-order valence-electron chi connectivity index (χ4n) is 3.86. The first-order valence-corrected chi connectivity index (χ1v) is 10.5. The number of urea groups is 1. The second kappa shape index (κ2) is 9.38. The van der Waals surface area contributed by atoms with Crippen LogP contribution in [0.2, 0.25) is 0 Å². The average molecular weight is 412 g/mol. The molecular formula is C21H29N7O2. The highest BCUT2D eigenvalue weighted by atomic mass is 16.2. The number of hydrogen-bond acceptors (Lipinski definition) is 6. The molecule has 2 aliphatic rings. The predicted octanol–water partition coefficient (Wildman–Crippen LogP) is 0.593. The summed E-state index contributed by atoms with van der Waals surface area (Å²) in [6, 6.07) is 9.66. The van der Waals surface area contributed by atoms with Gasteiger partial charge in [0.25, 0.3) is 0 Å². The maximum absolute atomic E-state index is 12.5. The predicted molar refractivity (Wildman–Crippen MR) is 116 cm³/mol. The van der Waals surface area contributed by atoms with E-state index in [0.29, 0.717) is 19.1 Å². The van der Waals surface area contributed by atoms with Gasteiger partial charge in [0.15, 0.2) is 0 Å². The number of piperazine rings is 1. The molecule has 0 aliphatic carbocycles. The number of rotatable bonds is 4. The third-order valence-electron chi connectivity index (χ3n) is 5.70. The smallest absolute Gasteiger partial charge is 0.328 e. The van der Waals surface area contributed by atoms with Gasteiger partial charge in [0.05, 0.1) is 5.69 Å². The van der Waals surface area contributed by atoms with Gasteiger partial charge >= 0.3 is 11.7 Å². The quantitative estimate of drug-likeness (QED) is 0.680. The van der Waals surface area contributed by atoms with Crippen molar-refractivity contribution in [3.05, 3.63) is 52.6 Å². The summed E-state index contributed by atoms with van der Waals surface area (Å²) in [6.07, 6.45) is 3.72. The van der Waals surface area contributed by atoms with Crippen molar-refractivity contribution in [3.8, 4) is 5.69 Å². The second-order valence-electron chi connectivity index (χ2n) is 7.91. The summed E-state index contributed by atoms with van der Waals surface area (Å²) in [4.78, 5) is 32.9. The lowest BCUT2D eigenvalue weighted by molar-refractivity contribution is 0.204. The number of piperidine rings is 1. The number of nitrogens with zero attached hydrogens (tertiary/aromatic N) is 4. The fourth-order valence-corrected chi connectivity index (χ4v) is 3.86. The number of amides is 2. The normalized spacial score (nSPS) is 18.4. The molecule has 2 amide bonds. The summed E-state index contributed by atoms with van der Waals surface area (Å²) in [5, 5.41) is 5.91. The SMILES string of the molecule is NC1CCN(Cc2ccc(-n3ccc(NC(=O)N4CCNCC4)nc3=O)cc2)CC1. The van der Waals surface area contributed by atoms with Crippen LogP contribution in [0, 0.1) is 0 Å². The number of carbonyl (C=O) groups excluding carboxylic acids is 1. The highest BCUT2D eigenvalue weighted by molar-refractivity contribution is 5.88. The van der Waals surface area contributed by atoms with Crippen LogP contribution in [0.3, 0.4) is 0 Å². The Kier molecular flexibility index (Phi) is 6.41. The Morgan fingerprint density at radius 2 is 1.80 bits per heavy atom. The van der Waals surface area contributed by atoms with Crippen LogP contribution < -0.4 is 22.1 Å². The van der Waals surface area contributed by atoms with Crippen LogP contribution in [0.15, 0.2) is 41.3 Å². The molecule has 0 bridgehead atoms. The van der Waals surface area contributed by atoms with Gasteiger partial charge in [-0.05, 0) is 49.7 Å². The zero-order valence-corrected chi connectivity index (χ0v) is 17.1. The molecule has 160 valence electrons. The van der Waals surface area contributed by atoms with Gasteiger partial charge in [-0.25, -0.2) is 9.59 Å². The lowest BCUT2D eigenvalue weighted by atomic mass is 10.1. The Labute approximate surface area is 175 Å². The zero-order valence-electron chi connectivity index (χ0n) is 17.1. The first-order valence-electron chi connectivity index (χ1n) is 10.5. The van der Waals surface area contributed by atoms with Gasteiger partial charge in [-0.2, -0.15) is 4.98 Å². The number of benzene rings is 1. The second-order valence-corrected chi connectivity index (χ2v) is 7.91. The Balaban J connectivity index is 1.39. The maximum Gasteiger partial charge on any atom is 0.354 e. The molecule has 1 aromatic carbocycles. The van der Waals surface area contributed by atoms with Gasteiger partial charge in [-0.1, -0.05) is 12.1 Å². The Bertz CT molecular complexity index is 914. The van der Waals surface area contributed by atoms with Crippen molar-refractivity contribution >= 4 is 11.8 Å². The molecule has 2 aromatic rings. The fraction of sp³-hybridized carbons (Fsp3) is 0.476. The van der Waals surface area contributed by atoms with Gasteiger partial charge in [-0.15, -0.1) is 0 Å². The largest absolute Gasteiger partial charge is 0.354 e. The van der Waals surface area contributed by atoms with Crippen LogP contribution >= 0.6 is 0 Å². The highest BCUT2D eigenvalue weighted by Gasteiger charge is 2.17. The molecule has 2 aliphatic heterocycles. The van der Waals surface area contributed by atoms with E-state index < -0.39 is 5.69 Å². The van der Waals surface area contributed by atoms with E-state index in [0.717, 1.165) is 51.3 Å². The molecule has 0 spiro atoms. The maximum atomic E-state index is 12.5. The first kappa shape index (κ1) is 20.5. The van der Waals surface area contributed by atoms with Crippen molar-refractivity contribution in [3.63, 3.8) is 0 Å². The number of anilines is 1. The van der Waals surface area contributed by atoms with Gasteiger partial charge in [-0.3, -0.25) is 14.8 Å². The number of nitrogens with one attached hydrogen (secondary N) is 2. The summed E-state index contributed by atoms with van der Waals surface area (Å²) in [5.41, 5.74) is 7.50. The van der Waals surface area contributed by atoms with E-state index in [2.05, 4.69) is 20.5 Å². The minimum Gasteiger partial charge on any atom is -0.328 e. The molecule has 4 N–H and O–H groups in total. The van der Waals surface area contributed by atoms with E-state index in [4.69, 9.17) is 5.73 Å². The molecule has 0 radical (unpaired) electrons. The van der Waals surface area contributed by atoms with Gasteiger partial charge < -0.3 is 16.0 Å². The van der Waals surface area contributed by atoms with Crippen LogP contribution in [0.1, 0.15) is 18.4 Å². The Hall–Kier alpha value is -2.75. The minimum absolute atomic E-state index is 0.232. The number of carbonyl (C=O) groups is 1. The minimum atomic E-state index is -0.425. The molecule has 2 saturated heterocycles. The van der Waals surface area contributed by atoms with Crippen molar-refractivity contribution in [2.45, 2.75) is 25.4 Å². The molecule has 1 aromatic heterocycles. The third kappa shape index (κ3) is 5.05. The molecule has 0 unspecified atom stereocenters. The van der Waals surface area contributed by atoms with Crippen molar-refractivity contribution < 1.29 is 4.79 Å². The van der Waals surface area contributed by atoms with Crippen molar-refractivity contribution in [1.82, 2.24) is 24.7 Å². The lowest BCUT2D eigenvalue weighted by Crippen LogP contribution is -2.48. The molecule has 30 heavy (non-hydrogen) atoms. The molecule has 0 atom stereocenters. The number of likely N-dealkylation sites (tertiary alicyclic amines) is 1. The van der Waals surface area contributed by atoms with E-state index in [-0.39, 0.29) is 11.8 Å². The summed E-state index contributed by atoms with van der Waals surface area (Å²) >= 11 is 0. The monoisotopic (exact) mass is 411 g/mol. The van der Waals surface area contributed by atoms with Crippen LogP contribution in [0.5, 0.6) is 0 Å². The summed E-state index contributed by atoms with van der Waals surface area (Å²) in [7, 11) is 0. The van der Waals surface area contributed by atoms with Gasteiger partial charge in [0, 0.05) is 45.0 Å². The number of nitrogens with two attached hydrogens (primary N) is 1. The van der Waals surface area contributed by atoms with Crippen LogP contribution in [0.4, 0.5) is 10.6 Å². The summed E-state index contributed by atoms with van der Waals surface area (Å²) in [5.74, 6) is 0.264. The van der Waals surface area contributed by atoms with Gasteiger partial charge in [0.2, 0.25) is 0 Å². The van der Waals surface area contributed by atoms with Crippen molar-refractivity contribution in [1.29, 1.82) is 0 Å². The number of aromatic nitrogens is 2. The third-order valence-corrected chi connectivity index (χ3v) is 5.70. The molecular weight excluding hydrogens is 382 g/mol. The van der Waals surface area contributed by atoms with Gasteiger partial charge in [0.1, 0.15) is 5.82 Å². The molecule has 0 saturated carbocycles. The Morgan fingerprint density at radius 1 is 1.10 bits per heavy atom. The topological polar surface area (TPSA) is 109 Å². The highest BCUT2D eigenvalue weighted by Crippen LogP contribution is 2.14. The van der Waals surface area contributed by atoms with E-state index in [1.165, 1.54) is 10.1 Å². The van der Waals surface area contributed by atoms with Crippen LogP contribution in [-0.2, 0) is 6.54 Å². The van der Waals surface area contributed by atoms with Crippen LogP contribution in [-0.4, -0.2) is 70.7 Å². The van der Waals surface area contributed by atoms with Crippen molar-refractivity contribution in [2.24, 2.45) is 5.73 Å². The first-order chi connectivity index (χ1) is 14.6. The van der Waals surface area contributed by atoms with E-state index >= 15 is 0 Å². The molecule has 2 fully saturated rings. The molecule has 3 heterocycles. The van der Waals surface area contributed by atoms with E-state index in [1.807, 2.05) is 24.3 Å². The number of hydrogen-bond donors (Lipinski definition) is 3. The molecule has 4 rings (SSSR count). The van der Waals surface area contributed by atoms with Crippen LogP contribution in [0.25, 0.3) is 5.69 Å². The van der Waals surface area contributed by atoms with E-state index in [1.54, 1.807) is 17.2 Å².